The number of hydrogen-bond donors (Lipinski definition) is 2. The second-order valence-corrected chi connectivity index (χ2v) is 16.3. The first-order chi connectivity index (χ1) is 15.6. The number of nitrogens with zero attached hydrogens (tertiary/aromatic N) is 1. The Labute approximate surface area is 208 Å². The molecule has 1 amide bonds. The molecule has 0 aliphatic heterocycles. The molecule has 0 spiro atoms. The van der Waals surface area contributed by atoms with Crippen LogP contribution in [0.4, 0.5) is 4.79 Å². The molecule has 9 heteroatoms. The number of halogens is 1. The van der Waals surface area contributed by atoms with Crippen LogP contribution >= 0.6 is 11.6 Å². The van der Waals surface area contributed by atoms with Crippen LogP contribution in [0.15, 0.2) is 35.1 Å². The number of carbonyl (C=O) groups is 1. The predicted molar refractivity (Wildman–Crippen MR) is 139 cm³/mol. The van der Waals surface area contributed by atoms with E-state index in [0.717, 1.165) is 5.56 Å². The number of aromatic nitrogens is 2. The maximum atomic E-state index is 12.5. The molecule has 1 atom stereocenters. The van der Waals surface area contributed by atoms with Crippen molar-refractivity contribution in [3.8, 4) is 0 Å². The van der Waals surface area contributed by atoms with Crippen LogP contribution in [0.1, 0.15) is 64.7 Å². The number of benzene rings is 1. The summed E-state index contributed by atoms with van der Waals surface area (Å²) in [5.41, 5.74) is 0.613. The highest BCUT2D eigenvalue weighted by atomic mass is 35.5. The standard InChI is InChI=1S/C25H38ClN3O4Si/c1-24(2,3)33-23(31)28-20(15-17-9-11-18(26)12-10-17)22-27-19(16-21(30)29-22)13-14-32-34(7,8)25(4,5)6/h9-12,16,20H,13-15H2,1-8H3,(H,28,31)(H,27,29,30)/t20-/m0/s1. The highest BCUT2D eigenvalue weighted by Crippen LogP contribution is 2.36. The Morgan fingerprint density at radius 2 is 1.76 bits per heavy atom. The van der Waals surface area contributed by atoms with Gasteiger partial charge >= 0.3 is 6.09 Å². The molecule has 0 aliphatic carbocycles. The summed E-state index contributed by atoms with van der Waals surface area (Å²) in [6, 6.07) is 8.21. The lowest BCUT2D eigenvalue weighted by Crippen LogP contribution is -2.41. The lowest BCUT2D eigenvalue weighted by Gasteiger charge is -2.36. The number of nitrogens with one attached hydrogen (secondary N) is 2. The van der Waals surface area contributed by atoms with Crippen LogP contribution in [0.25, 0.3) is 0 Å². The summed E-state index contributed by atoms with van der Waals surface area (Å²) in [5, 5.41) is 3.58. The summed E-state index contributed by atoms with van der Waals surface area (Å²) in [6.07, 6.45) is 0.327. The van der Waals surface area contributed by atoms with Gasteiger partial charge < -0.3 is 19.5 Å². The van der Waals surface area contributed by atoms with E-state index in [2.05, 4.69) is 49.1 Å². The molecule has 1 aromatic carbocycles. The van der Waals surface area contributed by atoms with Crippen molar-refractivity contribution in [1.82, 2.24) is 15.3 Å². The summed E-state index contributed by atoms with van der Waals surface area (Å²) in [4.78, 5) is 32.4. The fraction of sp³-hybridized carbons (Fsp3) is 0.560. The summed E-state index contributed by atoms with van der Waals surface area (Å²) in [6.45, 7) is 16.8. The fourth-order valence-electron chi connectivity index (χ4n) is 2.97. The number of amides is 1. The Morgan fingerprint density at radius 3 is 2.32 bits per heavy atom. The van der Waals surface area contributed by atoms with E-state index in [1.54, 1.807) is 32.9 Å². The van der Waals surface area contributed by atoms with E-state index in [1.165, 1.54) is 6.07 Å². The second kappa shape index (κ2) is 11.1. The number of ether oxygens (including phenoxy) is 1. The Hall–Kier alpha value is -2.16. The van der Waals surface area contributed by atoms with Gasteiger partial charge in [0, 0.05) is 30.5 Å². The Balaban J connectivity index is 2.26. The van der Waals surface area contributed by atoms with Crippen molar-refractivity contribution >= 4 is 26.0 Å². The highest BCUT2D eigenvalue weighted by Gasteiger charge is 2.36. The molecule has 0 radical (unpaired) electrons. The third-order valence-corrected chi connectivity index (χ3v) is 10.6. The summed E-state index contributed by atoms with van der Waals surface area (Å²) in [7, 11) is -1.91. The number of H-pyrrole nitrogens is 1. The van der Waals surface area contributed by atoms with Crippen molar-refractivity contribution in [1.29, 1.82) is 0 Å². The molecule has 0 saturated carbocycles. The molecule has 34 heavy (non-hydrogen) atoms. The molecule has 2 N–H and O–H groups in total. The Bertz CT molecular complexity index is 1020. The van der Waals surface area contributed by atoms with E-state index in [1.807, 2.05) is 12.1 Å². The van der Waals surface area contributed by atoms with Gasteiger partial charge in [-0.05, 0) is 56.6 Å². The summed E-state index contributed by atoms with van der Waals surface area (Å²) >= 11 is 6.01. The predicted octanol–water partition coefficient (Wildman–Crippen LogP) is 5.80. The lowest BCUT2D eigenvalue weighted by molar-refractivity contribution is 0.0501. The molecule has 2 rings (SSSR count). The Morgan fingerprint density at radius 1 is 1.15 bits per heavy atom. The smallest absolute Gasteiger partial charge is 0.408 e. The topological polar surface area (TPSA) is 93.3 Å². The quantitative estimate of drug-likeness (QED) is 0.440. The SMILES string of the molecule is CC(C)(C)OC(=O)N[C@@H](Cc1ccc(Cl)cc1)c1nc(CCO[Si](C)(C)C(C)(C)C)cc(=O)[nH]1. The minimum absolute atomic E-state index is 0.0980. The van der Waals surface area contributed by atoms with E-state index in [-0.39, 0.29) is 10.6 Å². The number of alkyl carbamates (subject to hydrolysis) is 1. The van der Waals surface area contributed by atoms with Gasteiger partial charge in [0.1, 0.15) is 11.4 Å². The number of rotatable bonds is 8. The third-order valence-electron chi connectivity index (χ3n) is 5.81. The zero-order chi connectivity index (χ0) is 25.7. The van der Waals surface area contributed by atoms with Crippen molar-refractivity contribution in [3.05, 3.63) is 62.8 Å². The molecule has 0 bridgehead atoms. The van der Waals surface area contributed by atoms with Gasteiger partial charge in [-0.1, -0.05) is 44.5 Å². The molecule has 1 heterocycles. The molecule has 0 unspecified atom stereocenters. The van der Waals surface area contributed by atoms with Crippen LogP contribution in [0.2, 0.25) is 23.2 Å². The second-order valence-electron chi connectivity index (χ2n) is 11.0. The van der Waals surface area contributed by atoms with Crippen LogP contribution in [0, 0.1) is 0 Å². The average Bonchev–Trinajstić information content (AvgIpc) is 2.66. The van der Waals surface area contributed by atoms with Crippen LogP contribution in [0.5, 0.6) is 0 Å². The van der Waals surface area contributed by atoms with Gasteiger partial charge in [-0.2, -0.15) is 0 Å². The summed E-state index contributed by atoms with van der Waals surface area (Å²) < 4.78 is 11.7. The van der Waals surface area contributed by atoms with E-state index in [9.17, 15) is 9.59 Å². The zero-order valence-corrected chi connectivity index (χ0v) is 23.3. The van der Waals surface area contributed by atoms with Crippen LogP contribution in [-0.4, -0.2) is 36.6 Å². The average molecular weight is 508 g/mol. The highest BCUT2D eigenvalue weighted by molar-refractivity contribution is 6.74. The van der Waals surface area contributed by atoms with Gasteiger partial charge in [-0.15, -0.1) is 0 Å². The minimum Gasteiger partial charge on any atom is -0.444 e. The molecular weight excluding hydrogens is 470 g/mol. The maximum Gasteiger partial charge on any atom is 0.408 e. The van der Waals surface area contributed by atoms with Crippen LogP contribution in [-0.2, 0) is 22.0 Å². The number of aromatic amines is 1. The molecule has 0 fully saturated rings. The summed E-state index contributed by atoms with van der Waals surface area (Å²) in [5.74, 6) is 0.371. The molecule has 7 nitrogen and oxygen atoms in total. The minimum atomic E-state index is -1.91. The number of carbonyl (C=O) groups excluding carboxylic acids is 1. The molecule has 188 valence electrons. The van der Waals surface area contributed by atoms with Gasteiger partial charge in [-0.3, -0.25) is 4.79 Å². The molecular formula is C25H38ClN3O4Si. The Kier molecular flexibility index (Phi) is 9.13. The normalized spacial score (nSPS) is 13.4. The molecule has 0 aliphatic rings. The van der Waals surface area contributed by atoms with Crippen LogP contribution in [0.3, 0.4) is 0 Å². The van der Waals surface area contributed by atoms with Gasteiger partial charge in [-0.25, -0.2) is 9.78 Å². The number of hydrogen-bond acceptors (Lipinski definition) is 5. The molecule has 0 saturated heterocycles. The lowest BCUT2D eigenvalue weighted by atomic mass is 10.1. The van der Waals surface area contributed by atoms with E-state index >= 15 is 0 Å². The van der Waals surface area contributed by atoms with E-state index in [0.29, 0.717) is 36.0 Å². The molecule has 2 aromatic rings. The van der Waals surface area contributed by atoms with Gasteiger partial charge in [0.2, 0.25) is 0 Å². The third kappa shape index (κ3) is 8.89. The van der Waals surface area contributed by atoms with Gasteiger partial charge in [0.15, 0.2) is 8.32 Å². The first kappa shape index (κ1) is 28.1. The molecule has 1 aromatic heterocycles. The van der Waals surface area contributed by atoms with E-state index in [4.69, 9.17) is 20.8 Å². The monoisotopic (exact) mass is 507 g/mol. The van der Waals surface area contributed by atoms with Crippen molar-refractivity contribution < 1.29 is 14.0 Å². The van der Waals surface area contributed by atoms with E-state index < -0.39 is 26.1 Å². The zero-order valence-electron chi connectivity index (χ0n) is 21.5. The maximum absolute atomic E-state index is 12.5. The first-order valence-electron chi connectivity index (χ1n) is 11.5. The van der Waals surface area contributed by atoms with Crippen molar-refractivity contribution in [2.75, 3.05) is 6.61 Å². The van der Waals surface area contributed by atoms with Crippen LogP contribution < -0.4 is 10.9 Å². The fourth-order valence-corrected chi connectivity index (χ4v) is 4.14. The van der Waals surface area contributed by atoms with Crippen molar-refractivity contribution in [2.24, 2.45) is 0 Å². The largest absolute Gasteiger partial charge is 0.444 e. The first-order valence-corrected chi connectivity index (χ1v) is 14.8. The van der Waals surface area contributed by atoms with Crippen molar-refractivity contribution in [3.63, 3.8) is 0 Å². The van der Waals surface area contributed by atoms with Gasteiger partial charge in [0.25, 0.3) is 5.56 Å². The van der Waals surface area contributed by atoms with Gasteiger partial charge in [0.05, 0.1) is 11.7 Å². The van der Waals surface area contributed by atoms with Crippen molar-refractivity contribution in [2.45, 2.75) is 84.2 Å².